The van der Waals surface area contributed by atoms with Crippen LogP contribution in [0, 0.1) is 5.82 Å². The molecule has 4 nitrogen and oxygen atoms in total. The number of nitrogens with one attached hydrogen (secondary N) is 1. The Hall–Kier alpha value is -2.56. The molecular formula is C16H17FN2O2. The molecule has 110 valence electrons. The lowest BCUT2D eigenvalue weighted by atomic mass is 10.1. The number of hydrogen-bond donors (Lipinski definition) is 2. The van der Waals surface area contributed by atoms with E-state index in [1.807, 2.05) is 0 Å². The van der Waals surface area contributed by atoms with E-state index in [2.05, 4.69) is 5.32 Å². The second kappa shape index (κ2) is 6.74. The van der Waals surface area contributed by atoms with Gasteiger partial charge in [-0.25, -0.2) is 4.39 Å². The number of anilines is 1. The van der Waals surface area contributed by atoms with Gasteiger partial charge in [-0.2, -0.15) is 0 Å². The summed E-state index contributed by atoms with van der Waals surface area (Å²) >= 11 is 0. The van der Waals surface area contributed by atoms with Gasteiger partial charge in [0.1, 0.15) is 11.6 Å². The van der Waals surface area contributed by atoms with Crippen LogP contribution in [0.1, 0.15) is 15.9 Å². The molecule has 0 saturated carbocycles. The van der Waals surface area contributed by atoms with Crippen LogP contribution >= 0.6 is 0 Å². The fraction of sp³-hybridized carbons (Fsp3) is 0.188. The first-order chi connectivity index (χ1) is 10.1. The normalized spacial score (nSPS) is 10.2. The van der Waals surface area contributed by atoms with Crippen LogP contribution in [0.3, 0.4) is 0 Å². The lowest BCUT2D eigenvalue weighted by Gasteiger charge is -2.10. The number of methoxy groups -OCH3 is 1. The van der Waals surface area contributed by atoms with Gasteiger partial charge in [-0.1, -0.05) is 18.2 Å². The molecule has 5 heteroatoms. The summed E-state index contributed by atoms with van der Waals surface area (Å²) in [4.78, 5) is 12.1. The van der Waals surface area contributed by atoms with Gasteiger partial charge in [0.2, 0.25) is 0 Å². The highest BCUT2D eigenvalue weighted by Crippen LogP contribution is 2.21. The Bertz CT molecular complexity index is 644. The van der Waals surface area contributed by atoms with Gasteiger partial charge in [0, 0.05) is 18.3 Å². The minimum Gasteiger partial charge on any atom is -0.496 e. The van der Waals surface area contributed by atoms with Crippen molar-refractivity contribution >= 4 is 11.6 Å². The first kappa shape index (κ1) is 14.8. The van der Waals surface area contributed by atoms with Gasteiger partial charge in [-0.05, 0) is 30.2 Å². The Kier molecular flexibility index (Phi) is 4.77. The van der Waals surface area contributed by atoms with Crippen LogP contribution in [0.5, 0.6) is 5.75 Å². The molecule has 1 amide bonds. The predicted molar refractivity (Wildman–Crippen MR) is 79.8 cm³/mol. The second-order valence-corrected chi connectivity index (χ2v) is 4.56. The first-order valence-corrected chi connectivity index (χ1v) is 6.57. The molecule has 0 radical (unpaired) electrons. The van der Waals surface area contributed by atoms with E-state index in [4.69, 9.17) is 10.5 Å². The van der Waals surface area contributed by atoms with Crippen LogP contribution in [0.25, 0.3) is 0 Å². The quantitative estimate of drug-likeness (QED) is 0.830. The number of benzene rings is 2. The van der Waals surface area contributed by atoms with Crippen molar-refractivity contribution in [3.05, 3.63) is 59.4 Å². The van der Waals surface area contributed by atoms with Crippen molar-refractivity contribution in [3.63, 3.8) is 0 Å². The molecular weight excluding hydrogens is 271 g/mol. The predicted octanol–water partition coefficient (Wildman–Crippen LogP) is 2.39. The van der Waals surface area contributed by atoms with E-state index >= 15 is 0 Å². The number of rotatable bonds is 5. The minimum atomic E-state index is -0.275. The third-order valence-electron chi connectivity index (χ3n) is 3.11. The Morgan fingerprint density at radius 1 is 1.29 bits per heavy atom. The lowest BCUT2D eigenvalue weighted by molar-refractivity contribution is 0.0951. The second-order valence-electron chi connectivity index (χ2n) is 4.56. The van der Waals surface area contributed by atoms with Crippen LogP contribution in [0.2, 0.25) is 0 Å². The fourth-order valence-electron chi connectivity index (χ4n) is 2.00. The van der Waals surface area contributed by atoms with Gasteiger partial charge >= 0.3 is 0 Å². The van der Waals surface area contributed by atoms with Gasteiger partial charge in [0.05, 0.1) is 12.7 Å². The van der Waals surface area contributed by atoms with E-state index in [-0.39, 0.29) is 11.7 Å². The molecule has 0 aliphatic carbocycles. The van der Waals surface area contributed by atoms with E-state index in [0.717, 1.165) is 0 Å². The molecule has 0 heterocycles. The highest BCUT2D eigenvalue weighted by atomic mass is 19.1. The van der Waals surface area contributed by atoms with E-state index in [9.17, 15) is 9.18 Å². The lowest BCUT2D eigenvalue weighted by Crippen LogP contribution is -2.26. The summed E-state index contributed by atoms with van der Waals surface area (Å²) in [5.74, 6) is -0.126. The summed E-state index contributed by atoms with van der Waals surface area (Å²) in [6.07, 6.45) is 0.426. The summed E-state index contributed by atoms with van der Waals surface area (Å²) in [5.41, 5.74) is 7.14. The Balaban J connectivity index is 1.98. The van der Waals surface area contributed by atoms with E-state index in [1.165, 1.54) is 13.2 Å². The Morgan fingerprint density at radius 3 is 2.76 bits per heavy atom. The van der Waals surface area contributed by atoms with Crippen LogP contribution in [-0.2, 0) is 6.42 Å². The molecule has 2 rings (SSSR count). The molecule has 21 heavy (non-hydrogen) atoms. The SMILES string of the molecule is COc1cc(N)ccc1C(=O)NCCc1ccccc1F. The number of ether oxygens (including phenoxy) is 1. The van der Waals surface area contributed by atoms with Crippen molar-refractivity contribution in [2.45, 2.75) is 6.42 Å². The zero-order chi connectivity index (χ0) is 15.2. The Labute approximate surface area is 122 Å². The van der Waals surface area contributed by atoms with Gasteiger partial charge < -0.3 is 15.8 Å². The van der Waals surface area contributed by atoms with Crippen molar-refractivity contribution in [3.8, 4) is 5.75 Å². The molecule has 0 atom stereocenters. The number of nitrogen functional groups attached to an aromatic ring is 1. The van der Waals surface area contributed by atoms with E-state index in [1.54, 1.807) is 36.4 Å². The minimum absolute atomic E-state index is 0.267. The smallest absolute Gasteiger partial charge is 0.255 e. The van der Waals surface area contributed by atoms with Crippen molar-refractivity contribution in [2.75, 3.05) is 19.4 Å². The molecule has 2 aromatic carbocycles. The van der Waals surface area contributed by atoms with Gasteiger partial charge in [-0.15, -0.1) is 0 Å². The number of amides is 1. The topological polar surface area (TPSA) is 64.3 Å². The average molecular weight is 288 g/mol. The van der Waals surface area contributed by atoms with E-state index < -0.39 is 0 Å². The van der Waals surface area contributed by atoms with E-state index in [0.29, 0.717) is 35.5 Å². The number of carbonyl (C=O) groups excluding carboxylic acids is 1. The highest BCUT2D eigenvalue weighted by Gasteiger charge is 2.12. The molecule has 0 bridgehead atoms. The maximum Gasteiger partial charge on any atom is 0.255 e. The van der Waals surface area contributed by atoms with Gasteiger partial charge in [0.25, 0.3) is 5.91 Å². The van der Waals surface area contributed by atoms with Crippen molar-refractivity contribution in [2.24, 2.45) is 0 Å². The van der Waals surface area contributed by atoms with Crippen molar-refractivity contribution < 1.29 is 13.9 Å². The Morgan fingerprint density at radius 2 is 2.05 bits per heavy atom. The molecule has 0 aliphatic heterocycles. The molecule has 0 saturated heterocycles. The average Bonchev–Trinajstić information content (AvgIpc) is 2.48. The largest absolute Gasteiger partial charge is 0.496 e. The fourth-order valence-corrected chi connectivity index (χ4v) is 2.00. The van der Waals surface area contributed by atoms with Gasteiger partial charge in [0.15, 0.2) is 0 Å². The summed E-state index contributed by atoms with van der Waals surface area (Å²) in [7, 11) is 1.48. The highest BCUT2D eigenvalue weighted by molar-refractivity contribution is 5.97. The number of halogens is 1. The van der Waals surface area contributed by atoms with Crippen LogP contribution < -0.4 is 15.8 Å². The number of hydrogen-bond acceptors (Lipinski definition) is 3. The summed E-state index contributed by atoms with van der Waals surface area (Å²) in [6.45, 7) is 0.341. The molecule has 0 spiro atoms. The zero-order valence-electron chi connectivity index (χ0n) is 11.7. The molecule has 0 unspecified atom stereocenters. The van der Waals surface area contributed by atoms with Crippen LogP contribution in [-0.4, -0.2) is 19.6 Å². The summed E-state index contributed by atoms with van der Waals surface area (Å²) < 4.78 is 18.6. The first-order valence-electron chi connectivity index (χ1n) is 6.57. The zero-order valence-corrected chi connectivity index (χ0v) is 11.7. The van der Waals surface area contributed by atoms with Crippen molar-refractivity contribution in [1.82, 2.24) is 5.32 Å². The summed E-state index contributed by atoms with van der Waals surface area (Å²) in [6, 6.07) is 11.3. The van der Waals surface area contributed by atoms with Crippen molar-refractivity contribution in [1.29, 1.82) is 0 Å². The molecule has 0 fully saturated rings. The maximum absolute atomic E-state index is 13.5. The third kappa shape index (κ3) is 3.72. The number of carbonyl (C=O) groups is 1. The van der Waals surface area contributed by atoms with Crippen LogP contribution in [0.4, 0.5) is 10.1 Å². The molecule has 0 aromatic heterocycles. The molecule has 2 aromatic rings. The standard InChI is InChI=1S/C16H17FN2O2/c1-21-15-10-12(18)6-7-13(15)16(20)19-9-8-11-4-2-3-5-14(11)17/h2-7,10H,8-9,18H2,1H3,(H,19,20). The molecule has 3 N–H and O–H groups in total. The monoisotopic (exact) mass is 288 g/mol. The maximum atomic E-state index is 13.5. The third-order valence-corrected chi connectivity index (χ3v) is 3.11. The van der Waals surface area contributed by atoms with Crippen LogP contribution in [0.15, 0.2) is 42.5 Å². The summed E-state index contributed by atoms with van der Waals surface area (Å²) in [5, 5.41) is 2.74. The number of nitrogens with two attached hydrogens (primary N) is 1. The van der Waals surface area contributed by atoms with Gasteiger partial charge in [-0.3, -0.25) is 4.79 Å². The molecule has 0 aliphatic rings.